The predicted octanol–water partition coefficient (Wildman–Crippen LogP) is 1.54. The molecule has 33 heavy (non-hydrogen) atoms. The van der Waals surface area contributed by atoms with Gasteiger partial charge in [0.15, 0.2) is 0 Å². The number of likely N-dealkylation sites (tertiary alicyclic amines) is 1. The third kappa shape index (κ3) is 3.64. The van der Waals surface area contributed by atoms with Gasteiger partial charge in [-0.05, 0) is 31.7 Å². The number of aliphatic hydroxyl groups is 1. The zero-order valence-corrected chi connectivity index (χ0v) is 19.7. The van der Waals surface area contributed by atoms with E-state index < -0.39 is 35.1 Å². The Morgan fingerprint density at radius 2 is 1.94 bits per heavy atom. The lowest BCUT2D eigenvalue weighted by Crippen LogP contribution is -2.56. The molecule has 3 heterocycles. The number of nitrogens with zero attached hydrogens (tertiary/aromatic N) is 1. The molecule has 1 aromatic rings. The Hall–Kier alpha value is -2.45. The molecule has 8 nitrogen and oxygen atoms in total. The number of fused-ring (bicyclic) bond motifs is 1. The molecule has 3 saturated heterocycles. The van der Waals surface area contributed by atoms with Crippen molar-refractivity contribution >= 4 is 17.7 Å². The van der Waals surface area contributed by atoms with Crippen molar-refractivity contribution < 1.29 is 24.2 Å². The van der Waals surface area contributed by atoms with Gasteiger partial charge in [-0.1, -0.05) is 50.1 Å². The predicted molar refractivity (Wildman–Crippen MR) is 122 cm³/mol. The molecule has 6 atom stereocenters. The van der Waals surface area contributed by atoms with Gasteiger partial charge in [-0.25, -0.2) is 0 Å². The number of carbonyl (C=O) groups is 3. The Morgan fingerprint density at radius 3 is 2.58 bits per heavy atom. The van der Waals surface area contributed by atoms with Gasteiger partial charge in [0.25, 0.3) is 0 Å². The van der Waals surface area contributed by atoms with Crippen LogP contribution >= 0.6 is 0 Å². The molecule has 0 aliphatic carbocycles. The Morgan fingerprint density at radius 1 is 1.21 bits per heavy atom. The molecule has 2 bridgehead atoms. The molecule has 1 aromatic carbocycles. The minimum absolute atomic E-state index is 0.248. The number of benzene rings is 1. The van der Waals surface area contributed by atoms with Crippen LogP contribution in [0.25, 0.3) is 0 Å². The molecule has 3 N–H and O–H groups in total. The van der Waals surface area contributed by atoms with Crippen molar-refractivity contribution in [3.63, 3.8) is 0 Å². The summed E-state index contributed by atoms with van der Waals surface area (Å²) in [4.78, 5) is 42.0. The third-order valence-electron chi connectivity index (χ3n) is 7.76. The van der Waals surface area contributed by atoms with Crippen LogP contribution in [0.1, 0.15) is 57.6 Å². The minimum atomic E-state index is -1.08. The van der Waals surface area contributed by atoms with Crippen LogP contribution in [0.4, 0.5) is 0 Å². The Balaban J connectivity index is 1.76. The van der Waals surface area contributed by atoms with E-state index >= 15 is 0 Å². The smallest absolute Gasteiger partial charge is 0.245 e. The van der Waals surface area contributed by atoms with Gasteiger partial charge >= 0.3 is 0 Å². The van der Waals surface area contributed by atoms with Crippen molar-refractivity contribution in [2.75, 3.05) is 20.2 Å². The normalized spacial score (nSPS) is 33.2. The van der Waals surface area contributed by atoms with Crippen LogP contribution in [0.2, 0.25) is 0 Å². The zero-order chi connectivity index (χ0) is 23.8. The number of carbonyl (C=O) groups excluding carboxylic acids is 3. The van der Waals surface area contributed by atoms with Crippen LogP contribution in [0, 0.1) is 11.8 Å². The Labute approximate surface area is 195 Å². The number of rotatable bonds is 9. The first-order valence-corrected chi connectivity index (χ1v) is 12.0. The maximum atomic E-state index is 14.0. The highest BCUT2D eigenvalue weighted by Crippen LogP contribution is 2.63. The maximum Gasteiger partial charge on any atom is 0.245 e. The van der Waals surface area contributed by atoms with Crippen molar-refractivity contribution in [2.24, 2.45) is 11.8 Å². The van der Waals surface area contributed by atoms with Gasteiger partial charge in [0.2, 0.25) is 17.7 Å². The number of hydrogen-bond donors (Lipinski definition) is 3. The first-order chi connectivity index (χ1) is 15.8. The van der Waals surface area contributed by atoms with Gasteiger partial charge < -0.3 is 25.4 Å². The van der Waals surface area contributed by atoms with Crippen LogP contribution in [-0.2, 0) is 19.1 Å². The fourth-order valence-electron chi connectivity index (χ4n) is 6.27. The summed E-state index contributed by atoms with van der Waals surface area (Å²) in [5.41, 5.74) is -1.14. The molecule has 1 spiro atoms. The average molecular weight is 458 g/mol. The second-order valence-corrected chi connectivity index (χ2v) is 9.69. The summed E-state index contributed by atoms with van der Waals surface area (Å²) in [7, 11) is 1.56. The summed E-state index contributed by atoms with van der Waals surface area (Å²) in [6.45, 7) is 4.14. The number of amides is 3. The van der Waals surface area contributed by atoms with Crippen LogP contribution in [0.3, 0.4) is 0 Å². The van der Waals surface area contributed by atoms with E-state index in [9.17, 15) is 19.5 Å². The number of hydrogen-bond acceptors (Lipinski definition) is 5. The summed E-state index contributed by atoms with van der Waals surface area (Å²) in [5.74, 6) is -2.27. The number of aliphatic hydroxyl groups excluding tert-OH is 1. The van der Waals surface area contributed by atoms with Crippen molar-refractivity contribution in [3.8, 4) is 0 Å². The molecule has 2 unspecified atom stereocenters. The first kappa shape index (κ1) is 23.7. The molecule has 0 saturated carbocycles. The van der Waals surface area contributed by atoms with Gasteiger partial charge in [0.05, 0.1) is 30.1 Å². The van der Waals surface area contributed by atoms with Gasteiger partial charge in [0, 0.05) is 13.6 Å². The summed E-state index contributed by atoms with van der Waals surface area (Å²) < 4.78 is 6.53. The molecular formula is C25H35N3O5. The van der Waals surface area contributed by atoms with Crippen molar-refractivity contribution in [1.82, 2.24) is 15.5 Å². The SMILES string of the molecule is CCCCCNC(=O)C1N([C@H](CO)c2ccccc2)C(=O)[C@@H]2[C@@H](C(=O)NC)[C@@]3(C)CCC12O3. The van der Waals surface area contributed by atoms with Gasteiger partial charge in [-0.2, -0.15) is 0 Å². The van der Waals surface area contributed by atoms with Crippen LogP contribution in [0.15, 0.2) is 30.3 Å². The van der Waals surface area contributed by atoms with E-state index in [-0.39, 0.29) is 24.3 Å². The molecule has 0 radical (unpaired) electrons. The Kier molecular flexibility index (Phi) is 6.51. The molecule has 3 amide bonds. The molecule has 3 aliphatic heterocycles. The van der Waals surface area contributed by atoms with Crippen LogP contribution in [-0.4, -0.2) is 65.2 Å². The van der Waals surface area contributed by atoms with E-state index in [1.807, 2.05) is 37.3 Å². The molecule has 8 heteroatoms. The molecule has 3 fully saturated rings. The number of nitrogens with one attached hydrogen (secondary N) is 2. The quantitative estimate of drug-likeness (QED) is 0.488. The van der Waals surface area contributed by atoms with Crippen molar-refractivity contribution in [1.29, 1.82) is 0 Å². The molecule has 180 valence electrons. The Bertz CT molecular complexity index is 909. The summed E-state index contributed by atoms with van der Waals surface area (Å²) in [5, 5.41) is 16.1. The summed E-state index contributed by atoms with van der Waals surface area (Å²) >= 11 is 0. The topological polar surface area (TPSA) is 108 Å². The zero-order valence-electron chi connectivity index (χ0n) is 19.7. The fourth-order valence-corrected chi connectivity index (χ4v) is 6.27. The second kappa shape index (κ2) is 9.06. The highest BCUT2D eigenvalue weighted by molar-refractivity contribution is 5.99. The summed E-state index contributed by atoms with van der Waals surface area (Å²) in [6.07, 6.45) is 3.99. The van der Waals surface area contributed by atoms with E-state index in [0.29, 0.717) is 19.4 Å². The first-order valence-electron chi connectivity index (χ1n) is 12.0. The van der Waals surface area contributed by atoms with Gasteiger partial charge in [-0.15, -0.1) is 0 Å². The lowest BCUT2D eigenvalue weighted by Gasteiger charge is -2.37. The second-order valence-electron chi connectivity index (χ2n) is 9.69. The van der Waals surface area contributed by atoms with E-state index in [1.165, 1.54) is 4.90 Å². The largest absolute Gasteiger partial charge is 0.394 e. The van der Waals surface area contributed by atoms with Gasteiger partial charge in [-0.3, -0.25) is 14.4 Å². The number of unbranched alkanes of at least 4 members (excludes halogenated alkanes) is 2. The van der Waals surface area contributed by atoms with E-state index in [4.69, 9.17) is 4.74 Å². The average Bonchev–Trinajstić information content (AvgIpc) is 3.38. The monoisotopic (exact) mass is 457 g/mol. The number of ether oxygens (including phenoxy) is 1. The van der Waals surface area contributed by atoms with E-state index in [2.05, 4.69) is 17.6 Å². The van der Waals surface area contributed by atoms with Crippen molar-refractivity contribution in [2.45, 2.75) is 69.2 Å². The molecular weight excluding hydrogens is 422 g/mol. The highest BCUT2D eigenvalue weighted by Gasteiger charge is 2.78. The lowest BCUT2D eigenvalue weighted by atomic mass is 9.66. The highest BCUT2D eigenvalue weighted by atomic mass is 16.5. The van der Waals surface area contributed by atoms with Gasteiger partial charge in [0.1, 0.15) is 11.6 Å². The molecule has 4 rings (SSSR count). The standard InChI is InChI=1S/C25H35N3O5/c1-4-5-9-14-27-22(31)20-25-13-12-24(2,33-25)18(21(30)26-3)19(25)23(32)28(20)17(15-29)16-10-7-6-8-11-16/h6-8,10-11,17-20,29H,4-5,9,12-15H2,1-3H3,(H,26,30)(H,27,31)/t17-,18+,19+,20?,24-,25?/m1/s1. The van der Waals surface area contributed by atoms with Crippen LogP contribution in [0.5, 0.6) is 0 Å². The maximum absolute atomic E-state index is 14.0. The minimum Gasteiger partial charge on any atom is -0.394 e. The van der Waals surface area contributed by atoms with Crippen LogP contribution < -0.4 is 10.6 Å². The van der Waals surface area contributed by atoms with E-state index in [1.54, 1.807) is 7.05 Å². The molecule has 0 aromatic heterocycles. The summed E-state index contributed by atoms with van der Waals surface area (Å²) in [6, 6.07) is 7.61. The van der Waals surface area contributed by atoms with E-state index in [0.717, 1.165) is 24.8 Å². The van der Waals surface area contributed by atoms with Crippen molar-refractivity contribution in [3.05, 3.63) is 35.9 Å². The third-order valence-corrected chi connectivity index (χ3v) is 7.76. The lowest BCUT2D eigenvalue weighted by molar-refractivity contribution is -0.149. The molecule has 3 aliphatic rings. The fraction of sp³-hybridized carbons (Fsp3) is 0.640.